The summed E-state index contributed by atoms with van der Waals surface area (Å²) in [6, 6.07) is 4.07. The van der Waals surface area contributed by atoms with Crippen molar-refractivity contribution in [3.63, 3.8) is 0 Å². The first-order valence-electron chi connectivity index (χ1n) is 5.48. The van der Waals surface area contributed by atoms with Gasteiger partial charge in [-0.2, -0.15) is 0 Å². The Hall–Kier alpha value is -1.75. The lowest BCUT2D eigenvalue weighted by molar-refractivity contribution is 0.0793. The first-order valence-corrected chi connectivity index (χ1v) is 5.48. The molecule has 5 nitrogen and oxygen atoms in total. The minimum Gasteiger partial charge on any atom is -0.504 e. The van der Waals surface area contributed by atoms with Crippen molar-refractivity contribution in [2.45, 2.75) is 6.42 Å². The zero-order valence-corrected chi connectivity index (χ0v) is 10.1. The van der Waals surface area contributed by atoms with Gasteiger partial charge in [-0.05, 0) is 38.2 Å². The van der Waals surface area contributed by atoms with Crippen LogP contribution in [0, 0.1) is 0 Å². The third-order valence-corrected chi connectivity index (χ3v) is 2.49. The third kappa shape index (κ3) is 3.64. The molecule has 17 heavy (non-hydrogen) atoms. The molecule has 0 bridgehead atoms. The monoisotopic (exact) mass is 238 g/mol. The van der Waals surface area contributed by atoms with Crippen molar-refractivity contribution in [3.8, 4) is 11.5 Å². The maximum Gasteiger partial charge on any atom is 0.253 e. The Bertz CT molecular complexity index is 393. The number of nitrogens with zero attached hydrogens (tertiary/aromatic N) is 1. The van der Waals surface area contributed by atoms with Crippen LogP contribution in [0.4, 0.5) is 0 Å². The fourth-order valence-electron chi connectivity index (χ4n) is 1.47. The van der Waals surface area contributed by atoms with Gasteiger partial charge in [0.25, 0.3) is 5.91 Å². The van der Waals surface area contributed by atoms with Crippen LogP contribution in [0.1, 0.15) is 16.8 Å². The normalized spacial score (nSPS) is 10.2. The van der Waals surface area contributed by atoms with Gasteiger partial charge < -0.3 is 20.4 Å². The van der Waals surface area contributed by atoms with Crippen molar-refractivity contribution in [1.82, 2.24) is 10.2 Å². The zero-order chi connectivity index (χ0) is 12.8. The zero-order valence-electron chi connectivity index (χ0n) is 10.1. The molecular formula is C12H18N2O3. The van der Waals surface area contributed by atoms with Crippen LogP contribution in [0.3, 0.4) is 0 Å². The highest BCUT2D eigenvalue weighted by Crippen LogP contribution is 2.25. The molecule has 5 heteroatoms. The summed E-state index contributed by atoms with van der Waals surface area (Å²) in [5.74, 6) is -0.671. The van der Waals surface area contributed by atoms with Crippen molar-refractivity contribution < 1.29 is 15.0 Å². The quantitative estimate of drug-likeness (QED) is 0.523. The first kappa shape index (κ1) is 13.3. The Kier molecular flexibility index (Phi) is 4.78. The van der Waals surface area contributed by atoms with E-state index in [1.165, 1.54) is 18.2 Å². The minimum absolute atomic E-state index is 0.170. The highest BCUT2D eigenvalue weighted by atomic mass is 16.3. The fourth-order valence-corrected chi connectivity index (χ4v) is 1.47. The highest BCUT2D eigenvalue weighted by Gasteiger charge is 2.12. The third-order valence-electron chi connectivity index (χ3n) is 2.49. The number of phenols is 2. The molecule has 0 heterocycles. The van der Waals surface area contributed by atoms with Crippen molar-refractivity contribution in [1.29, 1.82) is 0 Å². The number of carbonyl (C=O) groups is 1. The summed E-state index contributed by atoms with van der Waals surface area (Å²) in [5.41, 5.74) is 0.368. The van der Waals surface area contributed by atoms with Crippen LogP contribution in [0.5, 0.6) is 11.5 Å². The van der Waals surface area contributed by atoms with E-state index in [0.29, 0.717) is 12.1 Å². The van der Waals surface area contributed by atoms with Crippen molar-refractivity contribution in [3.05, 3.63) is 23.8 Å². The molecule has 3 N–H and O–H groups in total. The molecule has 0 spiro atoms. The van der Waals surface area contributed by atoms with E-state index in [0.717, 1.165) is 13.0 Å². The van der Waals surface area contributed by atoms with E-state index in [9.17, 15) is 9.90 Å². The van der Waals surface area contributed by atoms with Crippen LogP contribution in [0.2, 0.25) is 0 Å². The predicted molar refractivity (Wildman–Crippen MR) is 65.3 cm³/mol. The Morgan fingerprint density at radius 3 is 2.65 bits per heavy atom. The standard InChI is InChI=1S/C12H18N2O3/c1-13-6-3-7-14(2)12(17)9-4-5-10(15)11(16)8-9/h4-5,8,13,15-16H,3,6-7H2,1-2H3. The van der Waals surface area contributed by atoms with Gasteiger partial charge in [0.2, 0.25) is 0 Å². The number of rotatable bonds is 5. The molecule has 0 saturated heterocycles. The van der Waals surface area contributed by atoms with Crippen molar-refractivity contribution >= 4 is 5.91 Å². The summed E-state index contributed by atoms with van der Waals surface area (Å²) in [6.07, 6.45) is 0.864. The van der Waals surface area contributed by atoms with Crippen molar-refractivity contribution in [2.75, 3.05) is 27.2 Å². The van der Waals surface area contributed by atoms with Crippen LogP contribution < -0.4 is 5.32 Å². The van der Waals surface area contributed by atoms with Crippen LogP contribution >= 0.6 is 0 Å². The fraction of sp³-hybridized carbons (Fsp3) is 0.417. The van der Waals surface area contributed by atoms with Crippen LogP contribution in [0.25, 0.3) is 0 Å². The summed E-state index contributed by atoms with van der Waals surface area (Å²) < 4.78 is 0. The van der Waals surface area contributed by atoms with E-state index < -0.39 is 0 Å². The van der Waals surface area contributed by atoms with Crippen LogP contribution in [-0.4, -0.2) is 48.2 Å². The van der Waals surface area contributed by atoms with E-state index in [1.54, 1.807) is 11.9 Å². The molecule has 0 radical (unpaired) electrons. The molecule has 94 valence electrons. The number of nitrogens with one attached hydrogen (secondary N) is 1. The first-order chi connectivity index (χ1) is 8.06. The molecule has 1 aromatic rings. The number of hydrogen-bond acceptors (Lipinski definition) is 4. The molecule has 0 aliphatic rings. The molecule has 0 aliphatic carbocycles. The lowest BCUT2D eigenvalue weighted by Gasteiger charge is -2.17. The Morgan fingerprint density at radius 1 is 1.35 bits per heavy atom. The minimum atomic E-state index is -0.278. The van der Waals surface area contributed by atoms with Gasteiger partial charge in [-0.3, -0.25) is 4.79 Å². The SMILES string of the molecule is CNCCCN(C)C(=O)c1ccc(O)c(O)c1. The van der Waals surface area contributed by atoms with Gasteiger partial charge in [-0.15, -0.1) is 0 Å². The number of benzene rings is 1. The molecule has 0 atom stereocenters. The van der Waals surface area contributed by atoms with Crippen LogP contribution in [0.15, 0.2) is 18.2 Å². The molecule has 0 fully saturated rings. The number of carbonyl (C=O) groups excluding carboxylic acids is 1. The average Bonchev–Trinajstić information content (AvgIpc) is 2.32. The molecule has 0 aromatic heterocycles. The molecular weight excluding hydrogens is 220 g/mol. The summed E-state index contributed by atoms with van der Waals surface area (Å²) in [5, 5.41) is 21.5. The van der Waals surface area contributed by atoms with Gasteiger partial charge in [0.1, 0.15) is 0 Å². The number of aromatic hydroxyl groups is 2. The van der Waals surface area contributed by atoms with Crippen molar-refractivity contribution in [2.24, 2.45) is 0 Å². The van der Waals surface area contributed by atoms with E-state index in [2.05, 4.69) is 5.32 Å². The van der Waals surface area contributed by atoms with E-state index in [-0.39, 0.29) is 17.4 Å². The molecule has 1 aromatic carbocycles. The maximum atomic E-state index is 11.9. The topological polar surface area (TPSA) is 72.8 Å². The Balaban J connectivity index is 2.65. The summed E-state index contributed by atoms with van der Waals surface area (Å²) in [6.45, 7) is 1.49. The summed E-state index contributed by atoms with van der Waals surface area (Å²) >= 11 is 0. The number of phenolic OH excluding ortho intramolecular Hbond substituents is 2. The van der Waals surface area contributed by atoms with Gasteiger partial charge in [0, 0.05) is 19.2 Å². The highest BCUT2D eigenvalue weighted by molar-refractivity contribution is 5.94. The molecule has 0 aliphatic heterocycles. The largest absolute Gasteiger partial charge is 0.504 e. The van der Waals surface area contributed by atoms with Gasteiger partial charge in [-0.25, -0.2) is 0 Å². The number of amides is 1. The second-order valence-corrected chi connectivity index (χ2v) is 3.89. The van der Waals surface area contributed by atoms with Gasteiger partial charge in [0.05, 0.1) is 0 Å². The second-order valence-electron chi connectivity index (χ2n) is 3.89. The van der Waals surface area contributed by atoms with E-state index in [1.807, 2.05) is 7.05 Å². The number of hydrogen-bond donors (Lipinski definition) is 3. The molecule has 0 unspecified atom stereocenters. The van der Waals surface area contributed by atoms with E-state index in [4.69, 9.17) is 5.11 Å². The lowest BCUT2D eigenvalue weighted by atomic mass is 10.1. The maximum absolute atomic E-state index is 11.9. The summed E-state index contributed by atoms with van der Waals surface area (Å²) in [4.78, 5) is 13.5. The van der Waals surface area contributed by atoms with E-state index >= 15 is 0 Å². The molecule has 0 saturated carbocycles. The predicted octanol–water partition coefficient (Wildman–Crippen LogP) is 0.779. The smallest absolute Gasteiger partial charge is 0.253 e. The second kappa shape index (κ2) is 6.10. The van der Waals surface area contributed by atoms with Gasteiger partial charge >= 0.3 is 0 Å². The molecule has 1 amide bonds. The van der Waals surface area contributed by atoms with Crippen LogP contribution in [-0.2, 0) is 0 Å². The Labute approximate surface area is 101 Å². The summed E-state index contributed by atoms with van der Waals surface area (Å²) in [7, 11) is 3.57. The molecule has 1 rings (SSSR count). The van der Waals surface area contributed by atoms with Gasteiger partial charge in [-0.1, -0.05) is 0 Å². The average molecular weight is 238 g/mol. The van der Waals surface area contributed by atoms with Gasteiger partial charge in [0.15, 0.2) is 11.5 Å². The Morgan fingerprint density at radius 2 is 2.06 bits per heavy atom. The lowest BCUT2D eigenvalue weighted by Crippen LogP contribution is -2.29.